The molecule has 1 aromatic carbocycles. The third kappa shape index (κ3) is 6.55. The smallest absolute Gasteiger partial charge is 0.119 e. The third-order valence-corrected chi connectivity index (χ3v) is 3.87. The highest BCUT2D eigenvalue weighted by Crippen LogP contribution is 2.33. The molecule has 0 aliphatic heterocycles. The molecule has 1 N–H and O–H groups in total. The molecule has 22 heavy (non-hydrogen) atoms. The lowest BCUT2D eigenvalue weighted by molar-refractivity contribution is 0.278. The number of hydrogen-bond acceptors (Lipinski definition) is 2. The molecule has 2 nitrogen and oxygen atoms in total. The van der Waals surface area contributed by atoms with Gasteiger partial charge in [0, 0.05) is 5.56 Å². The number of rotatable bonds is 7. The monoisotopic (exact) mass is 304 g/mol. The lowest BCUT2D eigenvalue weighted by atomic mass is 9.86. The zero-order chi connectivity index (χ0) is 16.8. The Balaban J connectivity index is 2.47. The van der Waals surface area contributed by atoms with Gasteiger partial charge in [0.2, 0.25) is 0 Å². The van der Waals surface area contributed by atoms with E-state index in [9.17, 15) is 5.11 Å². The van der Waals surface area contributed by atoms with Gasteiger partial charge in [-0.3, -0.25) is 0 Å². The summed E-state index contributed by atoms with van der Waals surface area (Å²) in [4.78, 5) is 0. The van der Waals surface area contributed by atoms with Gasteiger partial charge in [0.15, 0.2) is 0 Å². The second-order valence-electron chi connectivity index (χ2n) is 7.53. The standard InChI is InChI=1S/C20H32O2/c1-15(2)8-7-9-16(3)12-13-22-17-10-11-19(21)18(14-17)20(4,5)6/h8,10-11,14,16,21H,7,9,12-13H2,1-6H3. The number of phenolic OH excluding ortho intramolecular Hbond substituents is 1. The first kappa shape index (κ1) is 18.6. The molecule has 0 spiro atoms. The Bertz CT molecular complexity index is 491. The first-order valence-corrected chi connectivity index (χ1v) is 8.30. The fourth-order valence-corrected chi connectivity index (χ4v) is 2.38. The maximum Gasteiger partial charge on any atom is 0.119 e. The predicted molar refractivity (Wildman–Crippen MR) is 94.7 cm³/mol. The van der Waals surface area contributed by atoms with E-state index < -0.39 is 0 Å². The molecule has 0 aliphatic carbocycles. The highest BCUT2D eigenvalue weighted by atomic mass is 16.5. The van der Waals surface area contributed by atoms with Crippen LogP contribution < -0.4 is 4.74 Å². The van der Waals surface area contributed by atoms with Crippen molar-refractivity contribution in [2.45, 2.75) is 66.2 Å². The first-order valence-electron chi connectivity index (χ1n) is 8.30. The third-order valence-electron chi connectivity index (χ3n) is 3.87. The lowest BCUT2D eigenvalue weighted by Crippen LogP contribution is -2.12. The van der Waals surface area contributed by atoms with Crippen LogP contribution in [0.4, 0.5) is 0 Å². The van der Waals surface area contributed by atoms with E-state index in [0.29, 0.717) is 11.7 Å². The molecule has 124 valence electrons. The van der Waals surface area contributed by atoms with Gasteiger partial charge in [0.25, 0.3) is 0 Å². The molecule has 0 fully saturated rings. The van der Waals surface area contributed by atoms with Crippen LogP contribution in [0.15, 0.2) is 29.8 Å². The van der Waals surface area contributed by atoms with Crippen molar-refractivity contribution >= 4 is 0 Å². The van der Waals surface area contributed by atoms with E-state index in [-0.39, 0.29) is 5.41 Å². The highest BCUT2D eigenvalue weighted by molar-refractivity contribution is 5.43. The van der Waals surface area contributed by atoms with Gasteiger partial charge in [0.05, 0.1) is 6.61 Å². The van der Waals surface area contributed by atoms with Gasteiger partial charge in [-0.2, -0.15) is 0 Å². The average Bonchev–Trinajstić information content (AvgIpc) is 2.39. The number of benzene rings is 1. The quantitative estimate of drug-likeness (QED) is 0.641. The lowest BCUT2D eigenvalue weighted by Gasteiger charge is -2.21. The Morgan fingerprint density at radius 1 is 1.23 bits per heavy atom. The van der Waals surface area contributed by atoms with Crippen molar-refractivity contribution in [3.63, 3.8) is 0 Å². The molecule has 0 heterocycles. The molecule has 1 atom stereocenters. The number of allylic oxidation sites excluding steroid dienone is 2. The molecular formula is C20H32O2. The largest absolute Gasteiger partial charge is 0.508 e. The summed E-state index contributed by atoms with van der Waals surface area (Å²) in [5.74, 6) is 1.85. The van der Waals surface area contributed by atoms with E-state index >= 15 is 0 Å². The van der Waals surface area contributed by atoms with Crippen LogP contribution in [0.25, 0.3) is 0 Å². The van der Waals surface area contributed by atoms with Crippen LogP contribution in [0, 0.1) is 5.92 Å². The minimum atomic E-state index is -0.0822. The second-order valence-corrected chi connectivity index (χ2v) is 7.53. The Labute approximate surface area is 136 Å². The molecule has 0 saturated carbocycles. The maximum absolute atomic E-state index is 9.97. The molecular weight excluding hydrogens is 272 g/mol. The van der Waals surface area contributed by atoms with Crippen LogP contribution in [-0.2, 0) is 5.41 Å². The molecule has 0 amide bonds. The van der Waals surface area contributed by atoms with E-state index in [1.165, 1.54) is 12.0 Å². The van der Waals surface area contributed by atoms with E-state index in [0.717, 1.165) is 30.8 Å². The van der Waals surface area contributed by atoms with Crippen molar-refractivity contribution in [3.8, 4) is 11.5 Å². The van der Waals surface area contributed by atoms with Gasteiger partial charge in [-0.15, -0.1) is 0 Å². The molecule has 0 radical (unpaired) electrons. The van der Waals surface area contributed by atoms with Crippen LogP contribution in [0.3, 0.4) is 0 Å². The second kappa shape index (κ2) is 8.26. The van der Waals surface area contributed by atoms with Crippen molar-refractivity contribution in [2.75, 3.05) is 6.61 Å². The van der Waals surface area contributed by atoms with Crippen LogP contribution in [0.1, 0.15) is 66.4 Å². The summed E-state index contributed by atoms with van der Waals surface area (Å²) >= 11 is 0. The number of ether oxygens (including phenoxy) is 1. The predicted octanol–water partition coefficient (Wildman–Crippen LogP) is 5.84. The minimum Gasteiger partial charge on any atom is -0.508 e. The molecule has 0 aromatic heterocycles. The van der Waals surface area contributed by atoms with E-state index in [1.54, 1.807) is 6.07 Å². The highest BCUT2D eigenvalue weighted by Gasteiger charge is 2.18. The van der Waals surface area contributed by atoms with Crippen LogP contribution >= 0.6 is 0 Å². The Kier molecular flexibility index (Phi) is 6.99. The first-order chi connectivity index (χ1) is 10.2. The Morgan fingerprint density at radius 2 is 1.91 bits per heavy atom. The van der Waals surface area contributed by atoms with Crippen LogP contribution in [0.2, 0.25) is 0 Å². The topological polar surface area (TPSA) is 29.5 Å². The summed E-state index contributed by atoms with van der Waals surface area (Å²) in [7, 11) is 0. The van der Waals surface area contributed by atoms with Gasteiger partial charge in [0.1, 0.15) is 11.5 Å². The van der Waals surface area contributed by atoms with Crippen molar-refractivity contribution in [1.29, 1.82) is 0 Å². The number of phenols is 1. The zero-order valence-corrected chi connectivity index (χ0v) is 15.1. The van der Waals surface area contributed by atoms with Crippen molar-refractivity contribution in [1.82, 2.24) is 0 Å². The van der Waals surface area contributed by atoms with Gasteiger partial charge in [-0.1, -0.05) is 39.3 Å². The Hall–Kier alpha value is -1.44. The maximum atomic E-state index is 9.97. The molecule has 0 bridgehead atoms. The van der Waals surface area contributed by atoms with Crippen molar-refractivity contribution in [3.05, 3.63) is 35.4 Å². The number of aromatic hydroxyl groups is 1. The summed E-state index contributed by atoms with van der Waals surface area (Å²) in [6, 6.07) is 5.54. The fraction of sp³-hybridized carbons (Fsp3) is 0.600. The summed E-state index contributed by atoms with van der Waals surface area (Å²) in [5.41, 5.74) is 2.24. The van der Waals surface area contributed by atoms with Gasteiger partial charge >= 0.3 is 0 Å². The fourth-order valence-electron chi connectivity index (χ4n) is 2.38. The van der Waals surface area contributed by atoms with E-state index in [4.69, 9.17) is 4.74 Å². The van der Waals surface area contributed by atoms with E-state index in [1.807, 2.05) is 12.1 Å². The average molecular weight is 304 g/mol. The molecule has 0 saturated heterocycles. The SMILES string of the molecule is CC(C)=CCCC(C)CCOc1ccc(O)c(C(C)(C)C)c1. The molecule has 1 aromatic rings. The van der Waals surface area contributed by atoms with Crippen LogP contribution in [-0.4, -0.2) is 11.7 Å². The van der Waals surface area contributed by atoms with E-state index in [2.05, 4.69) is 47.6 Å². The Morgan fingerprint density at radius 3 is 2.50 bits per heavy atom. The molecule has 2 heteroatoms. The molecule has 0 aliphatic rings. The molecule has 1 rings (SSSR count). The minimum absolute atomic E-state index is 0.0822. The summed E-state index contributed by atoms with van der Waals surface area (Å²) in [6.45, 7) is 13.6. The number of hydrogen-bond donors (Lipinski definition) is 1. The summed E-state index contributed by atoms with van der Waals surface area (Å²) in [6.07, 6.45) is 5.71. The molecule has 1 unspecified atom stereocenters. The summed E-state index contributed by atoms with van der Waals surface area (Å²) < 4.78 is 5.87. The van der Waals surface area contributed by atoms with Gasteiger partial charge in [-0.25, -0.2) is 0 Å². The summed E-state index contributed by atoms with van der Waals surface area (Å²) in [5, 5.41) is 9.97. The van der Waals surface area contributed by atoms with Gasteiger partial charge in [-0.05, 0) is 62.6 Å². The van der Waals surface area contributed by atoms with Crippen molar-refractivity contribution < 1.29 is 9.84 Å². The van der Waals surface area contributed by atoms with Crippen molar-refractivity contribution in [2.24, 2.45) is 5.92 Å². The normalized spacial score (nSPS) is 12.8. The van der Waals surface area contributed by atoms with Gasteiger partial charge < -0.3 is 9.84 Å². The van der Waals surface area contributed by atoms with Crippen LogP contribution in [0.5, 0.6) is 11.5 Å². The zero-order valence-electron chi connectivity index (χ0n) is 15.1.